The highest BCUT2D eigenvalue weighted by Crippen LogP contribution is 1.69. The minimum Gasteiger partial charge on any atom is -0.396 e. The largest absolute Gasteiger partial charge is 0.396 e. The summed E-state index contributed by atoms with van der Waals surface area (Å²) >= 11 is 2.31. The van der Waals surface area contributed by atoms with E-state index in [2.05, 4.69) is 15.9 Å². The van der Waals surface area contributed by atoms with Crippen LogP contribution in [0.1, 0.15) is 5.48 Å². The fourth-order valence-corrected chi connectivity index (χ4v) is 0. The molecule has 0 radical (unpaired) electrons. The summed E-state index contributed by atoms with van der Waals surface area (Å²) in [5.74, 6) is 0. The summed E-state index contributed by atoms with van der Waals surface area (Å²) in [6.07, 6.45) is 0. The Hall–Kier alpha value is 0.440. The van der Waals surface area contributed by atoms with Crippen LogP contribution in [0.2, 0.25) is 0 Å². The fraction of sp³-hybridized carbons (Fsp3) is 1.00. The highest BCUT2D eigenvalue weighted by molar-refractivity contribution is 9.09. The third-order valence-electron chi connectivity index (χ3n) is 0.0423. The lowest BCUT2D eigenvalue weighted by Crippen LogP contribution is -1.75. The van der Waals surface area contributed by atoms with Gasteiger partial charge in [-0.25, -0.2) is 0 Å². The second kappa shape index (κ2) is 3.44. The van der Waals surface area contributed by atoms with Gasteiger partial charge in [-0.2, -0.15) is 0 Å². The first-order chi connectivity index (χ1) is 3.25. The van der Waals surface area contributed by atoms with Gasteiger partial charge in [-0.1, -0.05) is 15.9 Å². The lowest BCUT2D eigenvalue weighted by Gasteiger charge is -1.67. The maximum atomic E-state index is 8.27. The molecule has 0 aromatic carbocycles. The van der Waals surface area contributed by atoms with Crippen molar-refractivity contribution in [2.24, 2.45) is 0 Å². The Balaban J connectivity index is 4.02. The van der Waals surface area contributed by atoms with Gasteiger partial charge >= 0.3 is 0 Å². The minimum atomic E-state index is -2.81. The topological polar surface area (TPSA) is 20.2 Å². The second-order valence-corrected chi connectivity index (χ2v) is 0.603. The molecule has 0 saturated carbocycles. The van der Waals surface area contributed by atoms with Crippen LogP contribution >= 0.6 is 15.9 Å². The van der Waals surface area contributed by atoms with Crippen molar-refractivity contribution in [2.45, 2.75) is 0 Å². The van der Waals surface area contributed by atoms with E-state index < -0.39 is 11.8 Å². The fourth-order valence-electron chi connectivity index (χ4n) is 0. The Morgan fingerprint density at radius 1 is 2.25 bits per heavy atom. The van der Waals surface area contributed by atoms with E-state index in [0.717, 1.165) is 0 Å². The number of alkyl halides is 1. The Kier molecular flexibility index (Phi) is 0.816. The standard InChI is InChI=1S/C2H5BrO/c3-1-2-4/h4H,1-2H2/i1D2,2D2. The monoisotopic (exact) mass is 128 g/mol. The molecule has 1 N–H and O–H groups in total. The van der Waals surface area contributed by atoms with Crippen LogP contribution in [0.5, 0.6) is 0 Å². The van der Waals surface area contributed by atoms with Crippen LogP contribution in [0, 0.1) is 0 Å². The van der Waals surface area contributed by atoms with E-state index in [-0.39, 0.29) is 0 Å². The molecule has 1 nitrogen and oxygen atoms in total. The SMILES string of the molecule is [2H]C([2H])(O)C([2H])([2H])Br. The van der Waals surface area contributed by atoms with Crippen molar-refractivity contribution in [1.82, 2.24) is 0 Å². The zero-order valence-electron chi connectivity index (χ0n) is 5.83. The number of hydrogen-bond acceptors (Lipinski definition) is 1. The molecule has 0 aromatic rings. The molecule has 0 bridgehead atoms. The van der Waals surface area contributed by atoms with E-state index in [1.165, 1.54) is 0 Å². The summed E-state index contributed by atoms with van der Waals surface area (Å²) in [6, 6.07) is 0. The van der Waals surface area contributed by atoms with E-state index in [1.807, 2.05) is 0 Å². The van der Waals surface area contributed by atoms with Gasteiger partial charge in [0.15, 0.2) is 0 Å². The minimum absolute atomic E-state index is 2.31. The number of halogens is 1. The van der Waals surface area contributed by atoms with E-state index in [4.69, 9.17) is 10.6 Å². The highest BCUT2D eigenvalue weighted by atomic mass is 79.9. The van der Waals surface area contributed by atoms with Crippen molar-refractivity contribution in [3.63, 3.8) is 0 Å². The third kappa shape index (κ3) is 2.44. The Labute approximate surface area is 39.4 Å². The van der Waals surface area contributed by atoms with Crippen LogP contribution in [0.25, 0.3) is 0 Å². The molecule has 2 heteroatoms. The van der Waals surface area contributed by atoms with Crippen LogP contribution in [0.15, 0.2) is 0 Å². The smallest absolute Gasteiger partial charge is 0.0572 e. The molecule has 4 heavy (non-hydrogen) atoms. The van der Waals surface area contributed by atoms with Crippen molar-refractivity contribution in [1.29, 1.82) is 0 Å². The van der Waals surface area contributed by atoms with E-state index in [0.29, 0.717) is 0 Å². The molecular weight excluding hydrogens is 120 g/mol. The predicted molar refractivity (Wildman–Crippen MR) is 20.9 cm³/mol. The first-order valence-corrected chi connectivity index (χ1v) is 1.46. The molecule has 0 rings (SSSR count). The van der Waals surface area contributed by atoms with E-state index >= 15 is 0 Å². The van der Waals surface area contributed by atoms with E-state index in [9.17, 15) is 0 Å². The quantitative estimate of drug-likeness (QED) is 0.507. The van der Waals surface area contributed by atoms with Crippen LogP contribution in [0.3, 0.4) is 0 Å². The summed E-state index contributed by atoms with van der Waals surface area (Å²) in [5, 5.41) is 5.90. The normalized spacial score (nSPS) is 29.5. The Morgan fingerprint density at radius 2 is 2.50 bits per heavy atom. The molecule has 0 spiro atoms. The van der Waals surface area contributed by atoms with Gasteiger partial charge in [0.05, 0.1) is 9.30 Å². The van der Waals surface area contributed by atoms with Gasteiger partial charge in [-0.15, -0.1) is 0 Å². The zero-order valence-corrected chi connectivity index (χ0v) is 3.41. The lowest BCUT2D eigenvalue weighted by molar-refractivity contribution is 0.324. The second-order valence-electron chi connectivity index (χ2n) is 0.206. The molecule has 0 saturated heterocycles. The summed E-state index contributed by atoms with van der Waals surface area (Å²) < 4.78 is 25.9. The van der Waals surface area contributed by atoms with Gasteiger partial charge in [0.1, 0.15) is 0 Å². The van der Waals surface area contributed by atoms with Crippen molar-refractivity contribution in [2.75, 3.05) is 11.8 Å². The zero-order chi connectivity index (χ0) is 7.00. The van der Waals surface area contributed by atoms with Gasteiger partial charge in [-0.3, -0.25) is 0 Å². The van der Waals surface area contributed by atoms with Crippen LogP contribution in [0.4, 0.5) is 0 Å². The van der Waals surface area contributed by atoms with Crippen molar-refractivity contribution in [3.05, 3.63) is 0 Å². The molecule has 0 aliphatic heterocycles. The molecular formula is C2H5BrO. The Morgan fingerprint density at radius 3 is 2.50 bits per heavy atom. The molecule has 0 heterocycles. The molecule has 0 atom stereocenters. The van der Waals surface area contributed by atoms with Crippen molar-refractivity contribution >= 4 is 15.9 Å². The van der Waals surface area contributed by atoms with Gasteiger partial charge in [0.25, 0.3) is 0 Å². The molecule has 0 unspecified atom stereocenters. The summed E-state index contributed by atoms with van der Waals surface area (Å²) in [4.78, 5) is 0. The molecule has 0 aromatic heterocycles. The van der Waals surface area contributed by atoms with E-state index in [1.54, 1.807) is 0 Å². The van der Waals surface area contributed by atoms with Gasteiger partial charge < -0.3 is 5.11 Å². The number of aliphatic hydroxyl groups is 1. The highest BCUT2D eigenvalue weighted by Gasteiger charge is 1.59. The molecule has 0 aliphatic rings. The molecule has 0 amide bonds. The van der Waals surface area contributed by atoms with Gasteiger partial charge in [0, 0.05) is 8.02 Å². The third-order valence-corrected chi connectivity index (χ3v) is 0.220. The average molecular weight is 129 g/mol. The first kappa shape index (κ1) is 0.949. The van der Waals surface area contributed by atoms with Crippen LogP contribution < -0.4 is 0 Å². The molecule has 0 fully saturated rings. The van der Waals surface area contributed by atoms with Gasteiger partial charge in [-0.05, 0) is 0 Å². The summed E-state index contributed by atoms with van der Waals surface area (Å²) in [6.45, 7) is -2.81. The van der Waals surface area contributed by atoms with Crippen molar-refractivity contribution in [3.8, 4) is 0 Å². The van der Waals surface area contributed by atoms with Crippen molar-refractivity contribution < 1.29 is 10.6 Å². The maximum Gasteiger partial charge on any atom is 0.0572 e. The predicted octanol–water partition coefficient (Wildman–Crippen LogP) is 0.374. The maximum absolute atomic E-state index is 8.27. The Bertz CT molecular complexity index is 69.0. The lowest BCUT2D eigenvalue weighted by atomic mass is 10.9. The van der Waals surface area contributed by atoms with Gasteiger partial charge in [0.2, 0.25) is 0 Å². The molecule has 26 valence electrons. The first-order valence-electron chi connectivity index (χ1n) is 2.66. The number of hydrogen-bond donors (Lipinski definition) is 1. The number of rotatable bonds is 1. The average Bonchev–Trinajstić information content (AvgIpc) is 1.25. The summed E-state index contributed by atoms with van der Waals surface area (Å²) in [5.41, 5.74) is 0. The molecule has 0 aliphatic carbocycles. The van der Waals surface area contributed by atoms with Crippen LogP contribution in [-0.4, -0.2) is 16.9 Å². The van der Waals surface area contributed by atoms with Crippen LogP contribution in [-0.2, 0) is 0 Å². The summed E-state index contributed by atoms with van der Waals surface area (Å²) in [7, 11) is 0.